The lowest BCUT2D eigenvalue weighted by atomic mass is 10.0. The van der Waals surface area contributed by atoms with Crippen LogP contribution in [0.2, 0.25) is 0 Å². The van der Waals surface area contributed by atoms with Gasteiger partial charge in [0.15, 0.2) is 23.0 Å². The third-order valence-electron chi connectivity index (χ3n) is 4.87. The van der Waals surface area contributed by atoms with Gasteiger partial charge in [-0.05, 0) is 60.4 Å². The molecule has 0 amide bonds. The number of hydrogen-bond donors (Lipinski definition) is 0. The van der Waals surface area contributed by atoms with Gasteiger partial charge in [-0.25, -0.2) is 4.79 Å². The molecule has 0 spiro atoms. The number of carbonyl (C=O) groups is 1. The van der Waals surface area contributed by atoms with Crippen LogP contribution in [0.4, 0.5) is 0 Å². The fourth-order valence-electron chi connectivity index (χ4n) is 3.23. The second-order valence-corrected chi connectivity index (χ2v) is 6.77. The van der Waals surface area contributed by atoms with Gasteiger partial charge in [0.25, 0.3) is 0 Å². The molecule has 0 saturated heterocycles. The molecule has 6 heteroatoms. The van der Waals surface area contributed by atoms with Crippen LogP contribution in [0.5, 0.6) is 28.7 Å². The molecule has 3 rings (SSSR count). The molecule has 0 radical (unpaired) electrons. The summed E-state index contributed by atoms with van der Waals surface area (Å²) in [4.78, 5) is 12.5. The highest BCUT2D eigenvalue weighted by atomic mass is 16.6. The summed E-state index contributed by atoms with van der Waals surface area (Å²) in [5.74, 6) is 2.04. The van der Waals surface area contributed by atoms with E-state index >= 15 is 0 Å². The lowest BCUT2D eigenvalue weighted by Crippen LogP contribution is -2.10. The van der Waals surface area contributed by atoms with E-state index in [-0.39, 0.29) is 5.75 Å². The van der Waals surface area contributed by atoms with E-state index in [4.69, 9.17) is 23.7 Å². The number of benzene rings is 3. The highest BCUT2D eigenvalue weighted by Gasteiger charge is 2.19. The van der Waals surface area contributed by atoms with Gasteiger partial charge in [-0.2, -0.15) is 0 Å². The van der Waals surface area contributed by atoms with Crippen LogP contribution in [-0.2, 0) is 12.8 Å². The topological polar surface area (TPSA) is 63.2 Å². The fourth-order valence-corrected chi connectivity index (χ4v) is 3.23. The van der Waals surface area contributed by atoms with E-state index < -0.39 is 5.97 Å². The van der Waals surface area contributed by atoms with E-state index in [0.717, 1.165) is 24.0 Å². The number of esters is 1. The molecule has 3 aromatic rings. The first-order chi connectivity index (χ1) is 15.1. The van der Waals surface area contributed by atoms with Crippen molar-refractivity contribution in [1.82, 2.24) is 0 Å². The largest absolute Gasteiger partial charge is 0.493 e. The Morgan fingerprint density at radius 1 is 0.645 bits per heavy atom. The third kappa shape index (κ3) is 5.28. The van der Waals surface area contributed by atoms with Crippen molar-refractivity contribution in [2.24, 2.45) is 0 Å². The predicted octanol–water partition coefficient (Wildman–Crippen LogP) is 4.73. The lowest BCUT2D eigenvalue weighted by Gasteiger charge is -2.15. The van der Waals surface area contributed by atoms with Crippen LogP contribution in [0, 0.1) is 0 Å². The summed E-state index contributed by atoms with van der Waals surface area (Å²) in [7, 11) is 6.30. The predicted molar refractivity (Wildman–Crippen MR) is 118 cm³/mol. The minimum Gasteiger partial charge on any atom is -0.493 e. The maximum absolute atomic E-state index is 12.5. The van der Waals surface area contributed by atoms with Crippen LogP contribution >= 0.6 is 0 Å². The second-order valence-electron chi connectivity index (χ2n) is 6.77. The molecule has 0 saturated carbocycles. The van der Waals surface area contributed by atoms with Gasteiger partial charge in [0.05, 0.1) is 34.0 Å². The summed E-state index contributed by atoms with van der Waals surface area (Å²) in [5, 5.41) is 0. The summed E-state index contributed by atoms with van der Waals surface area (Å²) in [6, 6.07) is 18.4. The molecule has 162 valence electrons. The van der Waals surface area contributed by atoms with Crippen LogP contribution in [0.15, 0.2) is 60.7 Å². The number of hydrogen-bond acceptors (Lipinski definition) is 6. The van der Waals surface area contributed by atoms with Crippen LogP contribution in [0.1, 0.15) is 21.5 Å². The first-order valence-corrected chi connectivity index (χ1v) is 9.82. The Hall–Kier alpha value is -3.67. The number of aryl methyl sites for hydroxylation is 2. The van der Waals surface area contributed by atoms with Crippen molar-refractivity contribution in [3.05, 3.63) is 77.4 Å². The molecule has 31 heavy (non-hydrogen) atoms. The number of ether oxygens (including phenoxy) is 5. The summed E-state index contributed by atoms with van der Waals surface area (Å²) in [6.07, 6.45) is 1.50. The zero-order chi connectivity index (χ0) is 22.2. The van der Waals surface area contributed by atoms with Gasteiger partial charge in [0, 0.05) is 0 Å². The van der Waals surface area contributed by atoms with E-state index in [1.54, 1.807) is 38.5 Å². The maximum atomic E-state index is 12.5. The van der Waals surface area contributed by atoms with Gasteiger partial charge >= 0.3 is 5.97 Å². The van der Waals surface area contributed by atoms with E-state index in [1.807, 2.05) is 36.4 Å². The number of carbonyl (C=O) groups excluding carboxylic acids is 1. The van der Waals surface area contributed by atoms with Gasteiger partial charge in [0.2, 0.25) is 5.75 Å². The summed E-state index contributed by atoms with van der Waals surface area (Å²) in [6.45, 7) is 0. The summed E-state index contributed by atoms with van der Waals surface area (Å²) in [5.41, 5.74) is 2.54. The SMILES string of the molecule is COc1ccc(CCc2cc(OC)c(OC(=O)c3ccccc3)c(OC)c2)cc1OC. The maximum Gasteiger partial charge on any atom is 0.343 e. The smallest absolute Gasteiger partial charge is 0.343 e. The Kier molecular flexibility index (Phi) is 7.38. The molecule has 0 unspecified atom stereocenters. The Bertz CT molecular complexity index is 1000. The molecular weight excluding hydrogens is 396 g/mol. The highest BCUT2D eigenvalue weighted by molar-refractivity contribution is 5.91. The normalized spacial score (nSPS) is 10.3. The lowest BCUT2D eigenvalue weighted by molar-refractivity contribution is 0.0724. The molecule has 0 heterocycles. The van der Waals surface area contributed by atoms with E-state index in [0.29, 0.717) is 28.6 Å². The van der Waals surface area contributed by atoms with Gasteiger partial charge < -0.3 is 23.7 Å². The molecule has 0 N–H and O–H groups in total. The Labute approximate surface area is 182 Å². The van der Waals surface area contributed by atoms with Crippen molar-refractivity contribution >= 4 is 5.97 Å². The van der Waals surface area contributed by atoms with Crippen LogP contribution < -0.4 is 23.7 Å². The van der Waals surface area contributed by atoms with Crippen molar-refractivity contribution in [2.45, 2.75) is 12.8 Å². The quantitative estimate of drug-likeness (QED) is 0.367. The van der Waals surface area contributed by atoms with Gasteiger partial charge in [-0.15, -0.1) is 0 Å². The zero-order valence-electron chi connectivity index (χ0n) is 18.1. The highest BCUT2D eigenvalue weighted by Crippen LogP contribution is 2.39. The molecule has 0 aliphatic carbocycles. The van der Waals surface area contributed by atoms with E-state index in [1.165, 1.54) is 14.2 Å². The zero-order valence-corrected chi connectivity index (χ0v) is 18.1. The summed E-state index contributed by atoms with van der Waals surface area (Å²) < 4.78 is 27.2. The van der Waals surface area contributed by atoms with Crippen LogP contribution in [0.25, 0.3) is 0 Å². The van der Waals surface area contributed by atoms with Crippen molar-refractivity contribution in [1.29, 1.82) is 0 Å². The Morgan fingerprint density at radius 3 is 1.77 bits per heavy atom. The van der Waals surface area contributed by atoms with Crippen LogP contribution in [0.3, 0.4) is 0 Å². The standard InChI is InChI=1S/C25H26O6/c1-27-20-13-12-17(14-21(20)28-2)10-11-18-15-22(29-3)24(23(16-18)30-4)31-25(26)19-8-6-5-7-9-19/h5-9,12-16H,10-11H2,1-4H3. The first-order valence-electron chi connectivity index (χ1n) is 9.82. The van der Waals surface area contributed by atoms with Crippen LogP contribution in [-0.4, -0.2) is 34.4 Å². The molecule has 0 bridgehead atoms. The minimum absolute atomic E-state index is 0.258. The number of rotatable bonds is 9. The molecule has 0 atom stereocenters. The van der Waals surface area contributed by atoms with Crippen molar-refractivity contribution in [3.8, 4) is 28.7 Å². The average Bonchev–Trinajstić information content (AvgIpc) is 2.83. The number of methoxy groups -OCH3 is 4. The van der Waals surface area contributed by atoms with Gasteiger partial charge in [-0.1, -0.05) is 24.3 Å². The monoisotopic (exact) mass is 422 g/mol. The molecule has 3 aromatic carbocycles. The summed E-state index contributed by atoms with van der Waals surface area (Å²) >= 11 is 0. The second kappa shape index (κ2) is 10.4. The molecular formula is C25H26O6. The molecule has 6 nitrogen and oxygen atoms in total. The molecule has 0 aliphatic rings. The van der Waals surface area contributed by atoms with Crippen molar-refractivity contribution in [2.75, 3.05) is 28.4 Å². The minimum atomic E-state index is -0.477. The first kappa shape index (κ1) is 22.0. The molecule has 0 aromatic heterocycles. The van der Waals surface area contributed by atoms with Gasteiger partial charge in [0.1, 0.15) is 0 Å². The average molecular weight is 422 g/mol. The Morgan fingerprint density at radius 2 is 1.19 bits per heavy atom. The van der Waals surface area contributed by atoms with E-state index in [9.17, 15) is 4.79 Å². The fraction of sp³-hybridized carbons (Fsp3) is 0.240. The molecule has 0 aliphatic heterocycles. The third-order valence-corrected chi connectivity index (χ3v) is 4.87. The van der Waals surface area contributed by atoms with Crippen molar-refractivity contribution < 1.29 is 28.5 Å². The Balaban J connectivity index is 1.81. The van der Waals surface area contributed by atoms with Gasteiger partial charge in [-0.3, -0.25) is 0 Å². The molecule has 0 fully saturated rings. The van der Waals surface area contributed by atoms with Crippen molar-refractivity contribution in [3.63, 3.8) is 0 Å². The van der Waals surface area contributed by atoms with E-state index in [2.05, 4.69) is 0 Å².